The highest BCUT2D eigenvalue weighted by atomic mass is 35.5. The second-order valence-corrected chi connectivity index (χ2v) is 4.63. The number of pyridine rings is 1. The van der Waals surface area contributed by atoms with E-state index in [-0.39, 0.29) is 5.91 Å². The molecule has 0 atom stereocenters. The highest BCUT2D eigenvalue weighted by Crippen LogP contribution is 2.20. The number of halogens is 1. The van der Waals surface area contributed by atoms with E-state index in [1.54, 1.807) is 36.3 Å². The van der Waals surface area contributed by atoms with Crippen molar-refractivity contribution in [3.63, 3.8) is 0 Å². The van der Waals surface area contributed by atoms with E-state index in [2.05, 4.69) is 4.98 Å². The van der Waals surface area contributed by atoms with Gasteiger partial charge in [-0.15, -0.1) is 0 Å². The topological polar surface area (TPSA) is 59.2 Å². The lowest BCUT2D eigenvalue weighted by Gasteiger charge is -2.17. The van der Waals surface area contributed by atoms with Crippen molar-refractivity contribution < 1.29 is 4.79 Å². The normalized spacial score (nSPS) is 10.2. The Hall–Kier alpha value is -2.07. The van der Waals surface area contributed by atoms with Crippen molar-refractivity contribution in [1.82, 2.24) is 9.88 Å². The van der Waals surface area contributed by atoms with Crippen molar-refractivity contribution in [2.75, 3.05) is 12.8 Å². The van der Waals surface area contributed by atoms with Crippen LogP contribution < -0.4 is 5.73 Å². The maximum atomic E-state index is 12.3. The Morgan fingerprint density at radius 3 is 2.79 bits per heavy atom. The zero-order chi connectivity index (χ0) is 13.8. The van der Waals surface area contributed by atoms with Crippen LogP contribution in [0.15, 0.2) is 42.6 Å². The summed E-state index contributed by atoms with van der Waals surface area (Å²) < 4.78 is 0. The number of hydrogen-bond acceptors (Lipinski definition) is 3. The lowest BCUT2D eigenvalue weighted by Crippen LogP contribution is -2.26. The van der Waals surface area contributed by atoms with E-state index in [1.165, 1.54) is 0 Å². The van der Waals surface area contributed by atoms with Gasteiger partial charge < -0.3 is 10.6 Å². The average molecular weight is 276 g/mol. The third-order valence-electron chi connectivity index (χ3n) is 2.70. The number of aromatic nitrogens is 1. The molecule has 0 bridgehead atoms. The summed E-state index contributed by atoms with van der Waals surface area (Å²) in [5, 5.41) is 0.359. The van der Waals surface area contributed by atoms with Gasteiger partial charge in [0.25, 0.3) is 5.91 Å². The molecule has 0 aliphatic rings. The lowest BCUT2D eigenvalue weighted by molar-refractivity contribution is 0.0783. The third-order valence-corrected chi connectivity index (χ3v) is 3.01. The summed E-state index contributed by atoms with van der Waals surface area (Å²) in [6.45, 7) is 0.431. The first-order chi connectivity index (χ1) is 9.08. The molecule has 0 spiro atoms. The third kappa shape index (κ3) is 3.23. The second kappa shape index (κ2) is 5.71. The maximum Gasteiger partial charge on any atom is 0.255 e. The fourth-order valence-electron chi connectivity index (χ4n) is 1.72. The number of nitrogens with two attached hydrogens (primary N) is 1. The van der Waals surface area contributed by atoms with E-state index >= 15 is 0 Å². The lowest BCUT2D eigenvalue weighted by atomic mass is 10.2. The van der Waals surface area contributed by atoms with Crippen LogP contribution in [0, 0.1) is 0 Å². The van der Waals surface area contributed by atoms with Gasteiger partial charge in [0.05, 0.1) is 22.8 Å². The first-order valence-electron chi connectivity index (χ1n) is 5.78. The SMILES string of the molecule is CN(Cc1ccccn1)C(=O)c1ccc(N)cc1Cl. The Balaban J connectivity index is 2.15. The highest BCUT2D eigenvalue weighted by molar-refractivity contribution is 6.34. The molecule has 1 amide bonds. The fourth-order valence-corrected chi connectivity index (χ4v) is 1.99. The van der Waals surface area contributed by atoms with Crippen LogP contribution in [0.4, 0.5) is 5.69 Å². The minimum atomic E-state index is -0.157. The summed E-state index contributed by atoms with van der Waals surface area (Å²) in [4.78, 5) is 18.0. The van der Waals surface area contributed by atoms with Crippen LogP contribution in [-0.2, 0) is 6.54 Å². The number of amides is 1. The van der Waals surface area contributed by atoms with Crippen LogP contribution in [0.5, 0.6) is 0 Å². The van der Waals surface area contributed by atoms with E-state index in [0.717, 1.165) is 5.69 Å². The molecule has 0 unspecified atom stereocenters. The van der Waals surface area contributed by atoms with Crippen LogP contribution >= 0.6 is 11.6 Å². The van der Waals surface area contributed by atoms with Crippen LogP contribution in [-0.4, -0.2) is 22.8 Å². The predicted molar refractivity (Wildman–Crippen MR) is 75.9 cm³/mol. The van der Waals surface area contributed by atoms with Gasteiger partial charge >= 0.3 is 0 Å². The molecule has 0 aliphatic heterocycles. The number of anilines is 1. The monoisotopic (exact) mass is 275 g/mol. The number of benzene rings is 1. The molecule has 0 saturated carbocycles. The van der Waals surface area contributed by atoms with Crippen LogP contribution in [0.3, 0.4) is 0 Å². The van der Waals surface area contributed by atoms with Crippen molar-refractivity contribution in [2.45, 2.75) is 6.54 Å². The minimum absolute atomic E-state index is 0.157. The molecule has 5 heteroatoms. The van der Waals surface area contributed by atoms with Gasteiger partial charge in [0, 0.05) is 18.9 Å². The number of nitrogens with zero attached hydrogens (tertiary/aromatic N) is 2. The molecule has 19 heavy (non-hydrogen) atoms. The summed E-state index contributed by atoms with van der Waals surface area (Å²) in [7, 11) is 1.71. The second-order valence-electron chi connectivity index (χ2n) is 4.22. The van der Waals surface area contributed by atoms with E-state index in [9.17, 15) is 4.79 Å². The van der Waals surface area contributed by atoms with Crippen LogP contribution in [0.25, 0.3) is 0 Å². The minimum Gasteiger partial charge on any atom is -0.399 e. The molecular formula is C14H14ClN3O. The summed E-state index contributed by atoms with van der Waals surface area (Å²) in [5.74, 6) is -0.157. The molecule has 2 aromatic rings. The smallest absolute Gasteiger partial charge is 0.255 e. The summed E-state index contributed by atoms with van der Waals surface area (Å²) in [5.41, 5.74) is 7.41. The van der Waals surface area contributed by atoms with Crippen LogP contribution in [0.2, 0.25) is 5.02 Å². The Morgan fingerprint density at radius 1 is 1.37 bits per heavy atom. The molecule has 98 valence electrons. The zero-order valence-corrected chi connectivity index (χ0v) is 11.3. The van der Waals surface area contributed by atoms with Crippen LogP contribution in [0.1, 0.15) is 16.1 Å². The molecule has 0 saturated heterocycles. The largest absolute Gasteiger partial charge is 0.399 e. The Bertz CT molecular complexity index is 586. The summed E-state index contributed by atoms with van der Waals surface area (Å²) in [6, 6.07) is 10.5. The van der Waals surface area contributed by atoms with E-state index in [0.29, 0.717) is 22.8 Å². The molecule has 1 aromatic carbocycles. The Kier molecular flexibility index (Phi) is 4.02. The van der Waals surface area contributed by atoms with E-state index in [1.807, 2.05) is 18.2 Å². The molecular weight excluding hydrogens is 262 g/mol. The number of nitrogen functional groups attached to an aromatic ring is 1. The van der Waals surface area contributed by atoms with Gasteiger partial charge in [0.15, 0.2) is 0 Å². The standard InChI is InChI=1S/C14H14ClN3O/c1-18(9-11-4-2-3-7-17-11)14(19)12-6-5-10(16)8-13(12)15/h2-8H,9,16H2,1H3. The highest BCUT2D eigenvalue weighted by Gasteiger charge is 2.15. The molecule has 0 radical (unpaired) electrons. The van der Waals surface area contributed by atoms with Gasteiger partial charge in [-0.1, -0.05) is 17.7 Å². The molecule has 1 aromatic heterocycles. The first-order valence-corrected chi connectivity index (χ1v) is 6.16. The molecule has 0 aliphatic carbocycles. The van der Waals surface area contributed by atoms with Gasteiger partial charge in [0.2, 0.25) is 0 Å². The van der Waals surface area contributed by atoms with Crippen molar-refractivity contribution in [1.29, 1.82) is 0 Å². The summed E-state index contributed by atoms with van der Waals surface area (Å²) >= 11 is 6.03. The van der Waals surface area contributed by atoms with Gasteiger partial charge in [-0.05, 0) is 30.3 Å². The zero-order valence-electron chi connectivity index (χ0n) is 10.5. The van der Waals surface area contributed by atoms with Crippen molar-refractivity contribution in [2.24, 2.45) is 0 Å². The average Bonchev–Trinajstić information content (AvgIpc) is 2.39. The predicted octanol–water partition coefficient (Wildman–Crippen LogP) is 2.59. The number of rotatable bonds is 3. The van der Waals surface area contributed by atoms with Crippen molar-refractivity contribution in [3.8, 4) is 0 Å². The van der Waals surface area contributed by atoms with Gasteiger partial charge in [-0.3, -0.25) is 9.78 Å². The molecule has 1 heterocycles. The first kappa shape index (κ1) is 13.4. The van der Waals surface area contributed by atoms with Crippen molar-refractivity contribution in [3.05, 3.63) is 58.9 Å². The fraction of sp³-hybridized carbons (Fsp3) is 0.143. The molecule has 4 nitrogen and oxygen atoms in total. The molecule has 0 fully saturated rings. The molecule has 2 N–H and O–H groups in total. The Morgan fingerprint density at radius 2 is 2.16 bits per heavy atom. The van der Waals surface area contributed by atoms with Gasteiger partial charge in [-0.2, -0.15) is 0 Å². The number of carbonyl (C=O) groups excluding carboxylic acids is 1. The van der Waals surface area contributed by atoms with Crippen molar-refractivity contribution >= 4 is 23.2 Å². The maximum absolute atomic E-state index is 12.3. The van der Waals surface area contributed by atoms with Gasteiger partial charge in [-0.25, -0.2) is 0 Å². The molecule has 2 rings (SSSR count). The van der Waals surface area contributed by atoms with E-state index in [4.69, 9.17) is 17.3 Å². The summed E-state index contributed by atoms with van der Waals surface area (Å²) in [6.07, 6.45) is 1.70. The Labute approximate surface area is 116 Å². The van der Waals surface area contributed by atoms with Gasteiger partial charge in [0.1, 0.15) is 0 Å². The van der Waals surface area contributed by atoms with E-state index < -0.39 is 0 Å². The quantitative estimate of drug-likeness (QED) is 0.876. The number of carbonyl (C=O) groups is 1. The number of hydrogen-bond donors (Lipinski definition) is 1.